The Bertz CT molecular complexity index is 731. The Hall–Kier alpha value is -2.40. The number of ether oxygens (including phenoxy) is 2. The second kappa shape index (κ2) is 7.93. The monoisotopic (exact) mass is 349 g/mol. The lowest BCUT2D eigenvalue weighted by Gasteiger charge is -2.15. The van der Waals surface area contributed by atoms with Gasteiger partial charge in [0.2, 0.25) is 0 Å². The van der Waals surface area contributed by atoms with Crippen LogP contribution in [0.3, 0.4) is 0 Å². The molecular weight excluding hydrogens is 330 g/mol. The number of carboxylic acids is 1. The average molecular weight is 350 g/mol. The quantitative estimate of drug-likeness (QED) is 0.773. The molecule has 2 N–H and O–H groups in total. The average Bonchev–Trinajstić information content (AvgIpc) is 2.54. The summed E-state index contributed by atoms with van der Waals surface area (Å²) in [6, 6.07) is 10.2. The summed E-state index contributed by atoms with van der Waals surface area (Å²) in [5.74, 6) is 0.335. The highest BCUT2D eigenvalue weighted by molar-refractivity contribution is 6.33. The van der Waals surface area contributed by atoms with E-state index in [2.05, 4.69) is 5.32 Å². The fraction of sp³-hybridized carbons (Fsp3) is 0.278. The Morgan fingerprint density at radius 1 is 1.21 bits per heavy atom. The van der Waals surface area contributed by atoms with E-state index in [-0.39, 0.29) is 11.7 Å². The maximum Gasteiger partial charge on any atom is 0.335 e. The van der Waals surface area contributed by atoms with Crippen LogP contribution in [0.1, 0.15) is 29.8 Å². The molecule has 0 aromatic heterocycles. The van der Waals surface area contributed by atoms with Crippen molar-refractivity contribution in [1.29, 1.82) is 0 Å². The maximum absolute atomic E-state index is 11.0. The summed E-state index contributed by atoms with van der Waals surface area (Å²) in [7, 11) is 1.59. The molecule has 0 radical (unpaired) electrons. The molecule has 0 atom stereocenters. The molecular formula is C18H20ClNO4. The lowest BCUT2D eigenvalue weighted by molar-refractivity contribution is 0.0697. The van der Waals surface area contributed by atoms with Gasteiger partial charge >= 0.3 is 5.97 Å². The van der Waals surface area contributed by atoms with Crippen LogP contribution in [0.15, 0.2) is 36.4 Å². The van der Waals surface area contributed by atoms with E-state index in [4.69, 9.17) is 26.2 Å². The van der Waals surface area contributed by atoms with Crippen LogP contribution >= 0.6 is 11.6 Å². The standard InChI is InChI=1S/C18H20ClNO4/c1-11(2)24-16-7-4-12(8-17(16)23-3)10-20-15-9-13(18(21)22)5-6-14(15)19/h4-9,11,20H,10H2,1-3H3,(H,21,22). The Labute approximate surface area is 146 Å². The number of carboxylic acid groups (broad SMARTS) is 1. The molecule has 0 saturated carbocycles. The summed E-state index contributed by atoms with van der Waals surface area (Å²) in [6.07, 6.45) is 0.0560. The van der Waals surface area contributed by atoms with Crippen LogP contribution in [-0.4, -0.2) is 24.3 Å². The molecule has 6 heteroatoms. The van der Waals surface area contributed by atoms with Gasteiger partial charge in [-0.2, -0.15) is 0 Å². The molecule has 0 spiro atoms. The van der Waals surface area contributed by atoms with Crippen molar-refractivity contribution in [2.75, 3.05) is 12.4 Å². The van der Waals surface area contributed by atoms with Crippen molar-refractivity contribution < 1.29 is 19.4 Å². The lowest BCUT2D eigenvalue weighted by atomic mass is 10.1. The van der Waals surface area contributed by atoms with Gasteiger partial charge in [0.15, 0.2) is 11.5 Å². The molecule has 0 heterocycles. The minimum Gasteiger partial charge on any atom is -0.493 e. The van der Waals surface area contributed by atoms with Crippen molar-refractivity contribution in [1.82, 2.24) is 0 Å². The number of anilines is 1. The van der Waals surface area contributed by atoms with Gasteiger partial charge in [0.1, 0.15) is 0 Å². The summed E-state index contributed by atoms with van der Waals surface area (Å²) >= 11 is 6.11. The van der Waals surface area contributed by atoms with Gasteiger partial charge in [0, 0.05) is 6.54 Å². The summed E-state index contributed by atoms with van der Waals surface area (Å²) in [5.41, 5.74) is 1.71. The first kappa shape index (κ1) is 17.9. The Kier molecular flexibility index (Phi) is 5.93. The Balaban J connectivity index is 2.14. The van der Waals surface area contributed by atoms with Crippen LogP contribution in [0.25, 0.3) is 0 Å². The smallest absolute Gasteiger partial charge is 0.335 e. The van der Waals surface area contributed by atoms with Gasteiger partial charge in [-0.3, -0.25) is 0 Å². The number of hydrogen-bond acceptors (Lipinski definition) is 4. The second-order valence-electron chi connectivity index (χ2n) is 5.51. The minimum absolute atomic E-state index is 0.0560. The molecule has 0 aliphatic carbocycles. The van der Waals surface area contributed by atoms with Crippen molar-refractivity contribution in [2.45, 2.75) is 26.5 Å². The molecule has 0 bridgehead atoms. The first-order valence-corrected chi connectivity index (χ1v) is 7.88. The van der Waals surface area contributed by atoms with Gasteiger partial charge in [-0.15, -0.1) is 0 Å². The van der Waals surface area contributed by atoms with E-state index in [0.717, 1.165) is 5.56 Å². The maximum atomic E-state index is 11.0. The van der Waals surface area contributed by atoms with Crippen LogP contribution in [0, 0.1) is 0 Å². The van der Waals surface area contributed by atoms with Crippen LogP contribution in [-0.2, 0) is 6.54 Å². The highest BCUT2D eigenvalue weighted by Crippen LogP contribution is 2.30. The third-order valence-electron chi connectivity index (χ3n) is 3.29. The predicted molar refractivity (Wildman–Crippen MR) is 94.5 cm³/mol. The van der Waals surface area contributed by atoms with Gasteiger partial charge in [0.25, 0.3) is 0 Å². The van der Waals surface area contributed by atoms with Crippen molar-refractivity contribution in [3.8, 4) is 11.5 Å². The topological polar surface area (TPSA) is 67.8 Å². The molecule has 0 fully saturated rings. The van der Waals surface area contributed by atoms with E-state index in [0.29, 0.717) is 28.8 Å². The van der Waals surface area contributed by atoms with E-state index in [1.54, 1.807) is 13.2 Å². The molecule has 0 amide bonds. The van der Waals surface area contributed by atoms with Crippen molar-refractivity contribution in [3.63, 3.8) is 0 Å². The largest absolute Gasteiger partial charge is 0.493 e. The molecule has 0 saturated heterocycles. The van der Waals surface area contributed by atoms with Gasteiger partial charge in [-0.25, -0.2) is 4.79 Å². The minimum atomic E-state index is -0.994. The zero-order valence-electron chi connectivity index (χ0n) is 13.8. The Morgan fingerprint density at radius 2 is 1.96 bits per heavy atom. The molecule has 2 aromatic rings. The number of methoxy groups -OCH3 is 1. The van der Waals surface area contributed by atoms with Crippen LogP contribution < -0.4 is 14.8 Å². The first-order valence-electron chi connectivity index (χ1n) is 7.51. The molecule has 2 aromatic carbocycles. The molecule has 2 rings (SSSR count). The summed E-state index contributed by atoms with van der Waals surface area (Å²) in [6.45, 7) is 4.37. The van der Waals surface area contributed by atoms with E-state index in [1.807, 2.05) is 32.0 Å². The van der Waals surface area contributed by atoms with Gasteiger partial charge < -0.3 is 19.9 Å². The summed E-state index contributed by atoms with van der Waals surface area (Å²) in [5, 5.41) is 12.7. The van der Waals surface area contributed by atoms with Crippen molar-refractivity contribution in [2.24, 2.45) is 0 Å². The zero-order chi connectivity index (χ0) is 17.7. The Morgan fingerprint density at radius 3 is 2.58 bits per heavy atom. The van der Waals surface area contributed by atoms with Gasteiger partial charge in [0.05, 0.1) is 29.5 Å². The van der Waals surface area contributed by atoms with Crippen molar-refractivity contribution in [3.05, 3.63) is 52.5 Å². The van der Waals surface area contributed by atoms with Crippen LogP contribution in [0.4, 0.5) is 5.69 Å². The summed E-state index contributed by atoms with van der Waals surface area (Å²) in [4.78, 5) is 11.0. The molecule has 0 aliphatic rings. The van der Waals surface area contributed by atoms with Gasteiger partial charge in [-0.1, -0.05) is 17.7 Å². The SMILES string of the molecule is COc1cc(CNc2cc(C(=O)O)ccc2Cl)ccc1OC(C)C. The number of carbonyl (C=O) groups is 1. The number of nitrogens with one attached hydrogen (secondary N) is 1. The lowest BCUT2D eigenvalue weighted by Crippen LogP contribution is -2.07. The molecule has 0 unspecified atom stereocenters. The second-order valence-corrected chi connectivity index (χ2v) is 5.91. The van der Waals surface area contributed by atoms with E-state index in [1.165, 1.54) is 12.1 Å². The van der Waals surface area contributed by atoms with Gasteiger partial charge in [-0.05, 0) is 49.7 Å². The van der Waals surface area contributed by atoms with E-state index >= 15 is 0 Å². The highest BCUT2D eigenvalue weighted by Gasteiger charge is 2.10. The molecule has 128 valence electrons. The number of benzene rings is 2. The number of aromatic carboxylic acids is 1. The van der Waals surface area contributed by atoms with E-state index < -0.39 is 5.97 Å². The molecule has 0 aliphatic heterocycles. The fourth-order valence-corrected chi connectivity index (χ4v) is 2.35. The van der Waals surface area contributed by atoms with Crippen LogP contribution in [0.5, 0.6) is 11.5 Å². The third kappa shape index (κ3) is 4.55. The normalized spacial score (nSPS) is 10.5. The van der Waals surface area contributed by atoms with Crippen LogP contribution in [0.2, 0.25) is 5.02 Å². The molecule has 24 heavy (non-hydrogen) atoms. The number of halogens is 1. The van der Waals surface area contributed by atoms with E-state index in [9.17, 15) is 4.79 Å². The fourth-order valence-electron chi connectivity index (χ4n) is 2.16. The molecule has 5 nitrogen and oxygen atoms in total. The van der Waals surface area contributed by atoms with Crippen molar-refractivity contribution >= 4 is 23.3 Å². The number of hydrogen-bond donors (Lipinski definition) is 2. The number of rotatable bonds is 7. The first-order chi connectivity index (χ1) is 11.4. The predicted octanol–water partition coefficient (Wildman–Crippen LogP) is 4.45. The highest BCUT2D eigenvalue weighted by atomic mass is 35.5. The zero-order valence-corrected chi connectivity index (χ0v) is 14.6. The third-order valence-corrected chi connectivity index (χ3v) is 3.62. The summed E-state index contributed by atoms with van der Waals surface area (Å²) < 4.78 is 11.0.